The lowest BCUT2D eigenvalue weighted by Crippen LogP contribution is -2.32. The van der Waals surface area contributed by atoms with Crippen LogP contribution in [0.25, 0.3) is 0 Å². The van der Waals surface area contributed by atoms with Crippen LogP contribution in [0, 0.1) is 0 Å². The summed E-state index contributed by atoms with van der Waals surface area (Å²) < 4.78 is 0.572. The Morgan fingerprint density at radius 3 is 2.47 bits per heavy atom. The maximum Gasteiger partial charge on any atom is 0.365 e. The minimum atomic E-state index is -0.784. The molecule has 0 aromatic carbocycles. The first-order valence-electron chi connectivity index (χ1n) is 4.77. The van der Waals surface area contributed by atoms with Gasteiger partial charge in [-0.2, -0.15) is 0 Å². The van der Waals surface area contributed by atoms with Crippen LogP contribution in [0.15, 0.2) is 22.9 Å². The predicted octanol–water partition coefficient (Wildman–Crippen LogP) is 1.06. The number of hydrogen-bond acceptors (Lipinski definition) is 5. The standard InChI is InChI=1S/C10H7BrN2O4/c11-7-2-1-6(5-12-7)10(16)17-13-8(14)3-4-9(13)15/h1-2,5H,3-4H2. The van der Waals surface area contributed by atoms with Crippen molar-refractivity contribution in [1.29, 1.82) is 0 Å². The van der Waals surface area contributed by atoms with Gasteiger partial charge in [-0.15, -0.1) is 5.06 Å². The molecule has 0 saturated carbocycles. The molecule has 1 aromatic heterocycles. The van der Waals surface area contributed by atoms with Crippen LogP contribution in [0.5, 0.6) is 0 Å². The Labute approximate surface area is 105 Å². The summed E-state index contributed by atoms with van der Waals surface area (Å²) in [6, 6.07) is 3.04. The first-order chi connectivity index (χ1) is 8.08. The molecule has 1 saturated heterocycles. The first-order valence-corrected chi connectivity index (χ1v) is 5.57. The average Bonchev–Trinajstić information content (AvgIpc) is 2.61. The van der Waals surface area contributed by atoms with Gasteiger partial charge in [-0.25, -0.2) is 9.78 Å². The first kappa shape index (κ1) is 11.7. The van der Waals surface area contributed by atoms with Crippen LogP contribution in [-0.4, -0.2) is 27.8 Å². The highest BCUT2D eigenvalue weighted by atomic mass is 79.9. The van der Waals surface area contributed by atoms with Crippen molar-refractivity contribution in [2.75, 3.05) is 0 Å². The quantitative estimate of drug-likeness (QED) is 0.603. The number of nitrogens with zero attached hydrogens (tertiary/aromatic N) is 2. The summed E-state index contributed by atoms with van der Waals surface area (Å²) in [4.78, 5) is 42.5. The number of hydroxylamine groups is 2. The fourth-order valence-electron chi connectivity index (χ4n) is 1.29. The van der Waals surface area contributed by atoms with Crippen molar-refractivity contribution < 1.29 is 19.2 Å². The molecule has 2 rings (SSSR count). The van der Waals surface area contributed by atoms with Gasteiger partial charge in [0.15, 0.2) is 0 Å². The third-order valence-electron chi connectivity index (χ3n) is 2.14. The van der Waals surface area contributed by atoms with E-state index in [1.54, 1.807) is 6.07 Å². The van der Waals surface area contributed by atoms with Crippen LogP contribution in [-0.2, 0) is 14.4 Å². The molecular weight excluding hydrogens is 292 g/mol. The maximum atomic E-state index is 11.6. The van der Waals surface area contributed by atoms with E-state index in [0.717, 1.165) is 0 Å². The van der Waals surface area contributed by atoms with Gasteiger partial charge in [0.25, 0.3) is 11.8 Å². The highest BCUT2D eigenvalue weighted by molar-refractivity contribution is 9.10. The second-order valence-corrected chi connectivity index (χ2v) is 4.14. The Morgan fingerprint density at radius 1 is 1.29 bits per heavy atom. The molecule has 0 aliphatic carbocycles. The van der Waals surface area contributed by atoms with Gasteiger partial charge in [-0.05, 0) is 28.1 Å². The SMILES string of the molecule is O=C(ON1C(=O)CCC1=O)c1ccc(Br)nc1. The fraction of sp³-hybridized carbons (Fsp3) is 0.200. The van der Waals surface area contributed by atoms with E-state index in [-0.39, 0.29) is 18.4 Å². The van der Waals surface area contributed by atoms with Crippen molar-refractivity contribution in [1.82, 2.24) is 10.0 Å². The number of carbonyl (C=O) groups excluding carboxylic acids is 3. The predicted molar refractivity (Wildman–Crippen MR) is 58.4 cm³/mol. The van der Waals surface area contributed by atoms with Gasteiger partial charge in [0, 0.05) is 19.0 Å². The molecule has 2 amide bonds. The molecule has 0 spiro atoms. The number of amides is 2. The molecule has 0 radical (unpaired) electrons. The number of carbonyl (C=O) groups is 3. The van der Waals surface area contributed by atoms with E-state index < -0.39 is 17.8 Å². The third kappa shape index (κ3) is 2.50. The molecule has 17 heavy (non-hydrogen) atoms. The van der Waals surface area contributed by atoms with Gasteiger partial charge in [0.05, 0.1) is 5.56 Å². The molecule has 6 nitrogen and oxygen atoms in total. The Hall–Kier alpha value is -1.76. The van der Waals surface area contributed by atoms with Gasteiger partial charge in [0.2, 0.25) is 0 Å². The summed E-state index contributed by atoms with van der Waals surface area (Å²) in [7, 11) is 0. The van der Waals surface area contributed by atoms with E-state index in [1.807, 2.05) is 0 Å². The van der Waals surface area contributed by atoms with E-state index in [4.69, 9.17) is 4.84 Å². The highest BCUT2D eigenvalue weighted by Crippen LogP contribution is 2.14. The Balaban J connectivity index is 2.09. The van der Waals surface area contributed by atoms with E-state index in [0.29, 0.717) is 9.67 Å². The fourth-order valence-corrected chi connectivity index (χ4v) is 1.52. The van der Waals surface area contributed by atoms with Gasteiger partial charge in [-0.3, -0.25) is 9.59 Å². The molecule has 88 valence electrons. The number of halogens is 1. The molecule has 1 aromatic rings. The summed E-state index contributed by atoms with van der Waals surface area (Å²) in [5.74, 6) is -1.80. The Bertz CT molecular complexity index is 470. The molecule has 0 bridgehead atoms. The van der Waals surface area contributed by atoms with Crippen molar-refractivity contribution in [3.05, 3.63) is 28.5 Å². The monoisotopic (exact) mass is 298 g/mol. The van der Waals surface area contributed by atoms with Crippen LogP contribution >= 0.6 is 15.9 Å². The number of hydrogen-bond donors (Lipinski definition) is 0. The van der Waals surface area contributed by atoms with Crippen LogP contribution in [0.4, 0.5) is 0 Å². The van der Waals surface area contributed by atoms with E-state index in [2.05, 4.69) is 20.9 Å². The van der Waals surface area contributed by atoms with Crippen LogP contribution in [0.1, 0.15) is 23.2 Å². The summed E-state index contributed by atoms with van der Waals surface area (Å²) in [5.41, 5.74) is 0.167. The van der Waals surface area contributed by atoms with E-state index in [9.17, 15) is 14.4 Å². The number of aromatic nitrogens is 1. The minimum Gasteiger partial charge on any atom is -0.325 e. The Kier molecular flexibility index (Phi) is 3.19. The molecule has 1 aliphatic heterocycles. The van der Waals surface area contributed by atoms with Gasteiger partial charge in [0.1, 0.15) is 4.60 Å². The summed E-state index contributed by atoms with van der Waals surface area (Å²) >= 11 is 3.12. The molecule has 0 atom stereocenters. The van der Waals surface area contributed by atoms with E-state index in [1.165, 1.54) is 12.3 Å². The topological polar surface area (TPSA) is 76.6 Å². The Morgan fingerprint density at radius 2 is 1.94 bits per heavy atom. The molecule has 0 N–H and O–H groups in total. The second-order valence-electron chi connectivity index (χ2n) is 3.33. The average molecular weight is 299 g/mol. The molecule has 1 fully saturated rings. The largest absolute Gasteiger partial charge is 0.365 e. The highest BCUT2D eigenvalue weighted by Gasteiger charge is 2.33. The summed E-state index contributed by atoms with van der Waals surface area (Å²) in [6.07, 6.45) is 1.44. The number of imide groups is 1. The van der Waals surface area contributed by atoms with Gasteiger partial charge >= 0.3 is 5.97 Å². The smallest absolute Gasteiger partial charge is 0.325 e. The lowest BCUT2D eigenvalue weighted by atomic mass is 10.3. The van der Waals surface area contributed by atoms with Gasteiger partial charge < -0.3 is 4.84 Å². The van der Waals surface area contributed by atoms with Crippen molar-refractivity contribution in [2.24, 2.45) is 0 Å². The van der Waals surface area contributed by atoms with Crippen molar-refractivity contribution in [3.63, 3.8) is 0 Å². The molecule has 0 unspecified atom stereocenters. The molecular formula is C10H7BrN2O4. The number of pyridine rings is 1. The lowest BCUT2D eigenvalue weighted by molar-refractivity contribution is -0.172. The van der Waals surface area contributed by atoms with Crippen molar-refractivity contribution in [3.8, 4) is 0 Å². The number of rotatable bonds is 2. The zero-order valence-electron chi connectivity index (χ0n) is 8.55. The van der Waals surface area contributed by atoms with Crippen molar-refractivity contribution in [2.45, 2.75) is 12.8 Å². The zero-order valence-corrected chi connectivity index (χ0v) is 10.1. The van der Waals surface area contributed by atoms with Crippen molar-refractivity contribution >= 4 is 33.7 Å². The van der Waals surface area contributed by atoms with Crippen LogP contribution in [0.3, 0.4) is 0 Å². The lowest BCUT2D eigenvalue weighted by Gasteiger charge is -2.12. The third-order valence-corrected chi connectivity index (χ3v) is 2.61. The summed E-state index contributed by atoms with van der Waals surface area (Å²) in [5, 5.41) is 0.504. The maximum absolute atomic E-state index is 11.6. The van der Waals surface area contributed by atoms with Crippen LogP contribution < -0.4 is 0 Å². The minimum absolute atomic E-state index is 0.0741. The van der Waals surface area contributed by atoms with E-state index >= 15 is 0 Å². The summed E-state index contributed by atoms with van der Waals surface area (Å²) in [6.45, 7) is 0. The molecule has 1 aliphatic rings. The van der Waals surface area contributed by atoms with Gasteiger partial charge in [-0.1, -0.05) is 0 Å². The second kappa shape index (κ2) is 4.62. The zero-order chi connectivity index (χ0) is 12.4. The van der Waals surface area contributed by atoms with Crippen LogP contribution in [0.2, 0.25) is 0 Å². The molecule has 7 heteroatoms. The molecule has 2 heterocycles. The normalized spacial score (nSPS) is 15.2.